The zero-order valence-electron chi connectivity index (χ0n) is 16.6. The third kappa shape index (κ3) is 5.16. The van der Waals surface area contributed by atoms with E-state index < -0.39 is 0 Å². The number of aromatic nitrogens is 2. The average Bonchev–Trinajstić information content (AvgIpc) is 2.72. The fourth-order valence-corrected chi connectivity index (χ4v) is 2.84. The first-order chi connectivity index (χ1) is 13.5. The predicted octanol–water partition coefficient (Wildman–Crippen LogP) is 4.13. The molecule has 0 aliphatic carbocycles. The molecule has 1 N–H and O–H groups in total. The minimum Gasteiger partial charge on any atom is -0.348 e. The second kappa shape index (κ2) is 9.13. The lowest BCUT2D eigenvalue weighted by atomic mass is 10.1. The van der Waals surface area contributed by atoms with Crippen LogP contribution in [0.2, 0.25) is 0 Å². The fraction of sp³-hybridized carbons (Fsp3) is 0.261. The summed E-state index contributed by atoms with van der Waals surface area (Å²) in [5.41, 5.74) is 3.91. The van der Waals surface area contributed by atoms with Gasteiger partial charge in [-0.05, 0) is 31.9 Å². The summed E-state index contributed by atoms with van der Waals surface area (Å²) in [6, 6.07) is 18.6. The monoisotopic (exact) mass is 374 g/mol. The highest BCUT2D eigenvalue weighted by Crippen LogP contribution is 2.15. The molecule has 5 heteroatoms. The van der Waals surface area contributed by atoms with Gasteiger partial charge in [0.15, 0.2) is 0 Å². The number of aryl methyl sites for hydroxylation is 1. The Morgan fingerprint density at radius 1 is 0.964 bits per heavy atom. The van der Waals surface area contributed by atoms with Gasteiger partial charge in [-0.3, -0.25) is 4.79 Å². The molecular formula is C23H26N4O. The molecule has 0 bridgehead atoms. The van der Waals surface area contributed by atoms with Crippen molar-refractivity contribution in [1.29, 1.82) is 0 Å². The van der Waals surface area contributed by atoms with E-state index in [0.717, 1.165) is 12.1 Å². The lowest BCUT2D eigenvalue weighted by Crippen LogP contribution is -2.32. The largest absolute Gasteiger partial charge is 0.348 e. The number of benzene rings is 2. The molecule has 0 spiro atoms. The lowest BCUT2D eigenvalue weighted by molar-refractivity contribution is 0.0950. The van der Waals surface area contributed by atoms with Crippen molar-refractivity contribution < 1.29 is 4.79 Å². The van der Waals surface area contributed by atoms with Gasteiger partial charge in [-0.15, -0.1) is 0 Å². The third-order valence-electron chi connectivity index (χ3n) is 4.55. The van der Waals surface area contributed by atoms with Crippen molar-refractivity contribution in [2.45, 2.75) is 39.9 Å². The first-order valence-electron chi connectivity index (χ1n) is 9.49. The molecule has 3 rings (SSSR count). The standard InChI is InChI=1S/C23H26N4O/c1-17(2)27(16-20-7-5-4-6-8-20)23-25-14-21(15-26-23)22(28)24-13-19-11-9-18(3)10-12-19/h4-12,14-15,17H,13,16H2,1-3H3,(H,24,28). The maximum atomic E-state index is 12.4. The van der Waals surface area contributed by atoms with Crippen molar-refractivity contribution in [1.82, 2.24) is 15.3 Å². The van der Waals surface area contributed by atoms with Crippen LogP contribution in [0.4, 0.5) is 5.95 Å². The SMILES string of the molecule is Cc1ccc(CNC(=O)c2cnc(N(Cc3ccccc3)C(C)C)nc2)cc1. The number of nitrogens with zero attached hydrogens (tertiary/aromatic N) is 3. The molecule has 1 heterocycles. The van der Waals surface area contributed by atoms with Crippen LogP contribution in [0, 0.1) is 6.92 Å². The summed E-state index contributed by atoms with van der Waals surface area (Å²) in [5, 5.41) is 2.91. The molecule has 1 amide bonds. The molecule has 0 saturated heterocycles. The number of anilines is 1. The number of carbonyl (C=O) groups excluding carboxylic acids is 1. The molecule has 3 aromatic rings. The average molecular weight is 374 g/mol. The van der Waals surface area contributed by atoms with Gasteiger partial charge in [0.1, 0.15) is 0 Å². The van der Waals surface area contributed by atoms with Crippen LogP contribution in [0.3, 0.4) is 0 Å². The van der Waals surface area contributed by atoms with E-state index in [1.807, 2.05) is 49.4 Å². The van der Waals surface area contributed by atoms with Gasteiger partial charge in [-0.2, -0.15) is 0 Å². The Labute approximate surface area is 166 Å². The number of hydrogen-bond acceptors (Lipinski definition) is 4. The summed E-state index contributed by atoms with van der Waals surface area (Å²) in [6.45, 7) is 7.45. The van der Waals surface area contributed by atoms with Crippen molar-refractivity contribution in [2.24, 2.45) is 0 Å². The first-order valence-corrected chi connectivity index (χ1v) is 9.49. The van der Waals surface area contributed by atoms with Crippen LogP contribution in [0.25, 0.3) is 0 Å². The molecule has 28 heavy (non-hydrogen) atoms. The summed E-state index contributed by atoms with van der Waals surface area (Å²) < 4.78 is 0. The molecule has 1 aromatic heterocycles. The van der Waals surface area contributed by atoms with Crippen LogP contribution in [0.15, 0.2) is 67.0 Å². The lowest BCUT2D eigenvalue weighted by Gasteiger charge is -2.26. The van der Waals surface area contributed by atoms with E-state index in [1.165, 1.54) is 11.1 Å². The van der Waals surface area contributed by atoms with Crippen LogP contribution >= 0.6 is 0 Å². The molecule has 0 aliphatic rings. The summed E-state index contributed by atoms with van der Waals surface area (Å²) in [6.07, 6.45) is 3.18. The molecule has 0 radical (unpaired) electrons. The van der Waals surface area contributed by atoms with Gasteiger partial charge in [0.2, 0.25) is 5.95 Å². The molecule has 144 valence electrons. The van der Waals surface area contributed by atoms with Gasteiger partial charge in [0.25, 0.3) is 5.91 Å². The Kier molecular flexibility index (Phi) is 6.37. The Morgan fingerprint density at radius 2 is 1.61 bits per heavy atom. The van der Waals surface area contributed by atoms with Gasteiger partial charge in [0.05, 0.1) is 5.56 Å². The van der Waals surface area contributed by atoms with E-state index in [2.05, 4.69) is 46.2 Å². The Morgan fingerprint density at radius 3 is 2.21 bits per heavy atom. The minimum atomic E-state index is -0.175. The van der Waals surface area contributed by atoms with Crippen LogP contribution in [0.5, 0.6) is 0 Å². The Bertz CT molecular complexity index is 890. The van der Waals surface area contributed by atoms with E-state index in [4.69, 9.17) is 0 Å². The van der Waals surface area contributed by atoms with Crippen molar-refractivity contribution in [3.63, 3.8) is 0 Å². The van der Waals surface area contributed by atoms with E-state index in [-0.39, 0.29) is 11.9 Å². The highest BCUT2D eigenvalue weighted by atomic mass is 16.1. The van der Waals surface area contributed by atoms with Gasteiger partial charge in [-0.25, -0.2) is 9.97 Å². The van der Waals surface area contributed by atoms with Crippen LogP contribution < -0.4 is 10.2 Å². The molecule has 0 atom stereocenters. The van der Waals surface area contributed by atoms with E-state index in [0.29, 0.717) is 18.1 Å². The summed E-state index contributed by atoms with van der Waals surface area (Å²) in [4.78, 5) is 23.4. The highest BCUT2D eigenvalue weighted by Gasteiger charge is 2.15. The minimum absolute atomic E-state index is 0.175. The number of amides is 1. The van der Waals surface area contributed by atoms with Crippen molar-refractivity contribution in [2.75, 3.05) is 4.90 Å². The molecule has 0 unspecified atom stereocenters. The van der Waals surface area contributed by atoms with Crippen molar-refractivity contribution in [3.8, 4) is 0 Å². The first kappa shape index (κ1) is 19.5. The smallest absolute Gasteiger partial charge is 0.254 e. The number of carbonyl (C=O) groups is 1. The Hall–Kier alpha value is -3.21. The maximum absolute atomic E-state index is 12.4. The van der Waals surface area contributed by atoms with Crippen molar-refractivity contribution in [3.05, 3.63) is 89.2 Å². The Balaban J connectivity index is 1.65. The van der Waals surface area contributed by atoms with E-state index in [9.17, 15) is 4.79 Å². The molecule has 2 aromatic carbocycles. The quantitative estimate of drug-likeness (QED) is 0.676. The summed E-state index contributed by atoms with van der Waals surface area (Å²) >= 11 is 0. The number of rotatable bonds is 7. The summed E-state index contributed by atoms with van der Waals surface area (Å²) in [7, 11) is 0. The molecule has 0 aliphatic heterocycles. The van der Waals surface area contributed by atoms with Gasteiger partial charge in [0, 0.05) is 31.5 Å². The van der Waals surface area contributed by atoms with Crippen molar-refractivity contribution >= 4 is 11.9 Å². The molecule has 5 nitrogen and oxygen atoms in total. The molecular weight excluding hydrogens is 348 g/mol. The van der Waals surface area contributed by atoms with Crippen LogP contribution in [0.1, 0.15) is 40.9 Å². The number of hydrogen-bond donors (Lipinski definition) is 1. The van der Waals surface area contributed by atoms with Crippen LogP contribution in [-0.2, 0) is 13.1 Å². The van der Waals surface area contributed by atoms with Gasteiger partial charge in [-0.1, -0.05) is 60.2 Å². The number of nitrogens with one attached hydrogen (secondary N) is 1. The van der Waals surface area contributed by atoms with Crippen LogP contribution in [-0.4, -0.2) is 21.9 Å². The second-order valence-electron chi connectivity index (χ2n) is 7.15. The fourth-order valence-electron chi connectivity index (χ4n) is 2.84. The molecule has 0 saturated carbocycles. The zero-order valence-corrected chi connectivity index (χ0v) is 16.6. The van der Waals surface area contributed by atoms with E-state index in [1.54, 1.807) is 12.4 Å². The normalized spacial score (nSPS) is 10.7. The summed E-state index contributed by atoms with van der Waals surface area (Å²) in [5.74, 6) is 0.445. The topological polar surface area (TPSA) is 58.1 Å². The zero-order chi connectivity index (χ0) is 19.9. The maximum Gasteiger partial charge on any atom is 0.254 e. The van der Waals surface area contributed by atoms with Gasteiger partial charge < -0.3 is 10.2 Å². The van der Waals surface area contributed by atoms with Gasteiger partial charge >= 0.3 is 0 Å². The predicted molar refractivity (Wildman–Crippen MR) is 112 cm³/mol. The second-order valence-corrected chi connectivity index (χ2v) is 7.15. The third-order valence-corrected chi connectivity index (χ3v) is 4.55. The molecule has 0 fully saturated rings. The van der Waals surface area contributed by atoms with E-state index >= 15 is 0 Å². The highest BCUT2D eigenvalue weighted by molar-refractivity contribution is 5.93.